The third-order valence-electron chi connectivity index (χ3n) is 4.29. The standard InChI is InChI=1S/C19H33N/c1-4-7-8-9-11-18-13-15-19(20-16-18)14-12-17(6-3)10-5-2/h13,15-17H,4-12,14H2,1-3H3. The molecular weight excluding hydrogens is 242 g/mol. The van der Waals surface area contributed by atoms with Gasteiger partial charge in [-0.1, -0.05) is 65.4 Å². The summed E-state index contributed by atoms with van der Waals surface area (Å²) in [6.07, 6.45) is 15.1. The lowest BCUT2D eigenvalue weighted by atomic mass is 9.94. The molecule has 0 saturated carbocycles. The number of hydrogen-bond acceptors (Lipinski definition) is 1. The fraction of sp³-hybridized carbons (Fsp3) is 0.737. The van der Waals surface area contributed by atoms with Gasteiger partial charge >= 0.3 is 0 Å². The van der Waals surface area contributed by atoms with Crippen molar-refractivity contribution in [1.82, 2.24) is 4.98 Å². The molecule has 20 heavy (non-hydrogen) atoms. The summed E-state index contributed by atoms with van der Waals surface area (Å²) in [4.78, 5) is 4.64. The zero-order valence-electron chi connectivity index (χ0n) is 13.8. The van der Waals surface area contributed by atoms with Gasteiger partial charge in [0.05, 0.1) is 0 Å². The van der Waals surface area contributed by atoms with Crippen LogP contribution in [0.4, 0.5) is 0 Å². The van der Waals surface area contributed by atoms with Crippen LogP contribution in [0, 0.1) is 5.92 Å². The Morgan fingerprint density at radius 2 is 1.75 bits per heavy atom. The van der Waals surface area contributed by atoms with Gasteiger partial charge in [-0.15, -0.1) is 0 Å². The molecule has 0 radical (unpaired) electrons. The first-order valence-electron chi connectivity index (χ1n) is 8.73. The summed E-state index contributed by atoms with van der Waals surface area (Å²) in [6.45, 7) is 6.86. The summed E-state index contributed by atoms with van der Waals surface area (Å²) in [5.41, 5.74) is 2.68. The average Bonchev–Trinajstić information content (AvgIpc) is 2.49. The molecule has 1 atom stereocenters. The van der Waals surface area contributed by atoms with Crippen molar-refractivity contribution in [3.05, 3.63) is 29.6 Å². The molecule has 114 valence electrons. The number of unbranched alkanes of at least 4 members (excludes halogenated alkanes) is 3. The Bertz CT molecular complexity index is 328. The van der Waals surface area contributed by atoms with Crippen molar-refractivity contribution in [2.75, 3.05) is 0 Å². The first-order valence-corrected chi connectivity index (χ1v) is 8.73. The van der Waals surface area contributed by atoms with E-state index in [0.717, 1.165) is 12.3 Å². The number of nitrogens with zero attached hydrogens (tertiary/aromatic N) is 1. The highest BCUT2D eigenvalue weighted by Crippen LogP contribution is 2.18. The molecule has 1 rings (SSSR count). The number of aryl methyl sites for hydroxylation is 2. The normalized spacial score (nSPS) is 12.6. The molecule has 0 bridgehead atoms. The van der Waals surface area contributed by atoms with Gasteiger partial charge in [-0.05, 0) is 43.2 Å². The molecule has 0 amide bonds. The van der Waals surface area contributed by atoms with E-state index in [1.54, 1.807) is 0 Å². The maximum atomic E-state index is 4.64. The Morgan fingerprint density at radius 3 is 2.35 bits per heavy atom. The van der Waals surface area contributed by atoms with E-state index in [9.17, 15) is 0 Å². The predicted molar refractivity (Wildman–Crippen MR) is 89.1 cm³/mol. The predicted octanol–water partition coefficient (Wildman–Crippen LogP) is 5.96. The van der Waals surface area contributed by atoms with Crippen LogP contribution in [-0.2, 0) is 12.8 Å². The molecule has 1 unspecified atom stereocenters. The molecule has 0 N–H and O–H groups in total. The van der Waals surface area contributed by atoms with Crippen molar-refractivity contribution < 1.29 is 0 Å². The van der Waals surface area contributed by atoms with E-state index >= 15 is 0 Å². The quantitative estimate of drug-likeness (QED) is 0.454. The molecule has 0 aliphatic carbocycles. The molecule has 0 saturated heterocycles. The Morgan fingerprint density at radius 1 is 0.900 bits per heavy atom. The molecule has 0 aromatic carbocycles. The van der Waals surface area contributed by atoms with Gasteiger partial charge in [0.15, 0.2) is 0 Å². The largest absolute Gasteiger partial charge is 0.261 e. The zero-order chi connectivity index (χ0) is 14.6. The second-order valence-electron chi connectivity index (χ2n) is 6.07. The van der Waals surface area contributed by atoms with Crippen molar-refractivity contribution >= 4 is 0 Å². The molecule has 1 aromatic rings. The summed E-state index contributed by atoms with van der Waals surface area (Å²) in [5.74, 6) is 0.885. The van der Waals surface area contributed by atoms with Crippen molar-refractivity contribution in [3.63, 3.8) is 0 Å². The van der Waals surface area contributed by atoms with Crippen LogP contribution in [0.5, 0.6) is 0 Å². The van der Waals surface area contributed by atoms with Gasteiger partial charge in [-0.3, -0.25) is 4.98 Å². The Labute approximate surface area is 126 Å². The van der Waals surface area contributed by atoms with E-state index < -0.39 is 0 Å². The van der Waals surface area contributed by atoms with E-state index in [1.807, 2.05) is 0 Å². The Balaban J connectivity index is 2.30. The molecule has 0 fully saturated rings. The van der Waals surface area contributed by atoms with Crippen LogP contribution in [0.1, 0.15) is 83.4 Å². The number of hydrogen-bond donors (Lipinski definition) is 0. The van der Waals surface area contributed by atoms with Crippen molar-refractivity contribution in [1.29, 1.82) is 0 Å². The highest BCUT2D eigenvalue weighted by atomic mass is 14.7. The highest BCUT2D eigenvalue weighted by molar-refractivity contribution is 5.14. The second-order valence-corrected chi connectivity index (χ2v) is 6.07. The van der Waals surface area contributed by atoms with E-state index in [4.69, 9.17) is 0 Å². The van der Waals surface area contributed by atoms with Gasteiger partial charge in [-0.25, -0.2) is 0 Å². The summed E-state index contributed by atoms with van der Waals surface area (Å²) in [7, 11) is 0. The maximum Gasteiger partial charge on any atom is 0.0403 e. The lowest BCUT2D eigenvalue weighted by Gasteiger charge is -2.13. The summed E-state index contributed by atoms with van der Waals surface area (Å²) >= 11 is 0. The fourth-order valence-corrected chi connectivity index (χ4v) is 2.82. The third-order valence-corrected chi connectivity index (χ3v) is 4.29. The molecule has 0 spiro atoms. The molecule has 1 heterocycles. The van der Waals surface area contributed by atoms with Gasteiger partial charge in [0.2, 0.25) is 0 Å². The van der Waals surface area contributed by atoms with Gasteiger partial charge in [0, 0.05) is 11.9 Å². The minimum atomic E-state index is 0.885. The van der Waals surface area contributed by atoms with Crippen LogP contribution >= 0.6 is 0 Å². The Hall–Kier alpha value is -0.850. The van der Waals surface area contributed by atoms with Crippen LogP contribution < -0.4 is 0 Å². The highest BCUT2D eigenvalue weighted by Gasteiger charge is 2.06. The number of pyridine rings is 1. The van der Waals surface area contributed by atoms with Crippen LogP contribution in [0.2, 0.25) is 0 Å². The summed E-state index contributed by atoms with van der Waals surface area (Å²) in [6, 6.07) is 4.53. The smallest absolute Gasteiger partial charge is 0.0403 e. The molecule has 1 aromatic heterocycles. The second kappa shape index (κ2) is 10.9. The van der Waals surface area contributed by atoms with Crippen molar-refractivity contribution in [2.24, 2.45) is 5.92 Å². The van der Waals surface area contributed by atoms with Gasteiger partial charge < -0.3 is 0 Å². The lowest BCUT2D eigenvalue weighted by molar-refractivity contribution is 0.430. The van der Waals surface area contributed by atoms with Crippen molar-refractivity contribution in [3.8, 4) is 0 Å². The zero-order valence-corrected chi connectivity index (χ0v) is 13.8. The molecule has 1 nitrogen and oxygen atoms in total. The monoisotopic (exact) mass is 275 g/mol. The van der Waals surface area contributed by atoms with Crippen molar-refractivity contribution in [2.45, 2.75) is 85.0 Å². The molecular formula is C19H33N. The van der Waals surface area contributed by atoms with Crippen LogP contribution in [0.3, 0.4) is 0 Å². The van der Waals surface area contributed by atoms with E-state index in [1.165, 1.54) is 69.0 Å². The molecule has 0 aliphatic rings. The van der Waals surface area contributed by atoms with E-state index in [2.05, 4.69) is 44.1 Å². The third kappa shape index (κ3) is 7.07. The van der Waals surface area contributed by atoms with E-state index in [-0.39, 0.29) is 0 Å². The van der Waals surface area contributed by atoms with Gasteiger partial charge in [-0.2, -0.15) is 0 Å². The first kappa shape index (κ1) is 17.2. The minimum absolute atomic E-state index is 0.885. The average molecular weight is 275 g/mol. The minimum Gasteiger partial charge on any atom is -0.261 e. The van der Waals surface area contributed by atoms with E-state index in [0.29, 0.717) is 0 Å². The molecule has 0 aliphatic heterocycles. The van der Waals surface area contributed by atoms with Crippen LogP contribution in [-0.4, -0.2) is 4.98 Å². The summed E-state index contributed by atoms with van der Waals surface area (Å²) < 4.78 is 0. The number of aromatic nitrogens is 1. The fourth-order valence-electron chi connectivity index (χ4n) is 2.82. The van der Waals surface area contributed by atoms with Gasteiger partial charge in [0.25, 0.3) is 0 Å². The Kier molecular flexibility index (Phi) is 9.36. The summed E-state index contributed by atoms with van der Waals surface area (Å²) in [5, 5.41) is 0. The van der Waals surface area contributed by atoms with Crippen LogP contribution in [0.15, 0.2) is 18.3 Å². The first-order chi connectivity index (χ1) is 9.80. The van der Waals surface area contributed by atoms with Crippen LogP contribution in [0.25, 0.3) is 0 Å². The number of rotatable bonds is 11. The topological polar surface area (TPSA) is 12.9 Å². The lowest BCUT2D eigenvalue weighted by Crippen LogP contribution is -2.02. The van der Waals surface area contributed by atoms with Gasteiger partial charge in [0.1, 0.15) is 0 Å². The molecule has 1 heteroatoms. The SMILES string of the molecule is CCCCCCc1ccc(CCC(CC)CCC)nc1. The maximum absolute atomic E-state index is 4.64.